The van der Waals surface area contributed by atoms with Gasteiger partial charge in [0, 0.05) is 19.3 Å². The fourth-order valence-corrected chi connectivity index (χ4v) is 3.17. The standard InChI is InChI=1S/C12H19ClN4O2S/c1-4-17-12-11(9(2)15-17)14-10(8-13)16(12)6-5-7-20(3,18)19/h4-8H2,1-3H3. The van der Waals surface area contributed by atoms with Gasteiger partial charge in [-0.1, -0.05) is 0 Å². The van der Waals surface area contributed by atoms with Crippen LogP contribution in [0.15, 0.2) is 0 Å². The molecule has 0 radical (unpaired) electrons. The summed E-state index contributed by atoms with van der Waals surface area (Å²) in [7, 11) is -2.95. The first-order valence-electron chi connectivity index (χ1n) is 6.53. The Bertz CT molecular complexity index is 717. The maximum absolute atomic E-state index is 11.2. The molecule has 2 aromatic rings. The molecular formula is C12H19ClN4O2S. The van der Waals surface area contributed by atoms with Gasteiger partial charge in [0.25, 0.3) is 0 Å². The van der Waals surface area contributed by atoms with Gasteiger partial charge in [-0.2, -0.15) is 5.10 Å². The number of aromatic nitrogens is 4. The van der Waals surface area contributed by atoms with E-state index in [0.717, 1.165) is 29.2 Å². The van der Waals surface area contributed by atoms with E-state index in [1.165, 1.54) is 6.26 Å². The van der Waals surface area contributed by atoms with Crippen LogP contribution >= 0.6 is 11.6 Å². The smallest absolute Gasteiger partial charge is 0.158 e. The zero-order valence-electron chi connectivity index (χ0n) is 11.9. The minimum Gasteiger partial charge on any atom is -0.312 e. The lowest BCUT2D eigenvalue weighted by atomic mass is 10.4. The van der Waals surface area contributed by atoms with Crippen LogP contribution in [0.3, 0.4) is 0 Å². The van der Waals surface area contributed by atoms with E-state index < -0.39 is 9.84 Å². The highest BCUT2D eigenvalue weighted by Gasteiger charge is 2.17. The molecule has 2 aromatic heterocycles. The average Bonchev–Trinajstić information content (AvgIpc) is 2.87. The molecule has 2 heterocycles. The summed E-state index contributed by atoms with van der Waals surface area (Å²) in [5.74, 6) is 1.22. The number of hydrogen-bond acceptors (Lipinski definition) is 4. The van der Waals surface area contributed by atoms with Crippen molar-refractivity contribution in [2.45, 2.75) is 39.2 Å². The molecule has 2 rings (SSSR count). The summed E-state index contributed by atoms with van der Waals surface area (Å²) >= 11 is 5.95. The van der Waals surface area contributed by atoms with E-state index in [1.807, 2.05) is 23.1 Å². The highest BCUT2D eigenvalue weighted by molar-refractivity contribution is 7.90. The van der Waals surface area contributed by atoms with Crippen LogP contribution in [-0.4, -0.2) is 39.8 Å². The van der Waals surface area contributed by atoms with Gasteiger partial charge >= 0.3 is 0 Å². The van der Waals surface area contributed by atoms with Crippen LogP contribution in [0, 0.1) is 6.92 Å². The number of nitrogens with zero attached hydrogens (tertiary/aromatic N) is 4. The topological polar surface area (TPSA) is 69.8 Å². The lowest BCUT2D eigenvalue weighted by Gasteiger charge is -2.08. The summed E-state index contributed by atoms with van der Waals surface area (Å²) in [5.41, 5.74) is 2.64. The molecule has 0 aliphatic heterocycles. The summed E-state index contributed by atoms with van der Waals surface area (Å²) < 4.78 is 26.3. The summed E-state index contributed by atoms with van der Waals surface area (Å²) in [6.45, 7) is 5.25. The van der Waals surface area contributed by atoms with Crippen molar-refractivity contribution in [2.24, 2.45) is 0 Å². The van der Waals surface area contributed by atoms with Crippen molar-refractivity contribution >= 4 is 32.6 Å². The number of halogens is 1. The SMILES string of the molecule is CCn1nc(C)c2nc(CCl)n(CCCS(C)(=O)=O)c21. The second-order valence-electron chi connectivity index (χ2n) is 4.87. The molecule has 0 aromatic carbocycles. The Balaban J connectivity index is 2.39. The van der Waals surface area contributed by atoms with Gasteiger partial charge in [-0.25, -0.2) is 18.1 Å². The van der Waals surface area contributed by atoms with Gasteiger partial charge < -0.3 is 4.57 Å². The van der Waals surface area contributed by atoms with E-state index in [4.69, 9.17) is 11.6 Å². The maximum Gasteiger partial charge on any atom is 0.158 e. The fraction of sp³-hybridized carbons (Fsp3) is 0.667. The lowest BCUT2D eigenvalue weighted by molar-refractivity contribution is 0.584. The van der Waals surface area contributed by atoms with Crippen molar-refractivity contribution in [3.05, 3.63) is 11.5 Å². The van der Waals surface area contributed by atoms with Crippen LogP contribution in [0.4, 0.5) is 0 Å². The van der Waals surface area contributed by atoms with E-state index in [2.05, 4.69) is 10.1 Å². The molecule has 0 N–H and O–H groups in total. The molecule has 0 unspecified atom stereocenters. The zero-order valence-corrected chi connectivity index (χ0v) is 13.5. The monoisotopic (exact) mass is 318 g/mol. The van der Waals surface area contributed by atoms with Crippen LogP contribution in [0.1, 0.15) is 24.9 Å². The Morgan fingerprint density at radius 1 is 1.35 bits per heavy atom. The van der Waals surface area contributed by atoms with Crippen molar-refractivity contribution in [3.8, 4) is 0 Å². The third-order valence-corrected chi connectivity index (χ3v) is 4.46. The number of alkyl halides is 1. The molecule has 0 amide bonds. The van der Waals surface area contributed by atoms with Crippen LogP contribution < -0.4 is 0 Å². The van der Waals surface area contributed by atoms with Crippen LogP contribution in [0.2, 0.25) is 0 Å². The predicted octanol–water partition coefficient (Wildman–Crippen LogP) is 1.73. The largest absolute Gasteiger partial charge is 0.312 e. The van der Waals surface area contributed by atoms with Crippen molar-refractivity contribution in [3.63, 3.8) is 0 Å². The van der Waals surface area contributed by atoms with Gasteiger partial charge in [0.2, 0.25) is 0 Å². The van der Waals surface area contributed by atoms with Crippen LogP contribution in [0.5, 0.6) is 0 Å². The molecule has 0 saturated carbocycles. The number of rotatable bonds is 6. The van der Waals surface area contributed by atoms with Crippen molar-refractivity contribution in [1.82, 2.24) is 19.3 Å². The molecule has 0 bridgehead atoms. The predicted molar refractivity (Wildman–Crippen MR) is 79.8 cm³/mol. The third-order valence-electron chi connectivity index (χ3n) is 3.19. The normalized spacial score (nSPS) is 12.4. The molecule has 0 fully saturated rings. The molecule has 0 aliphatic rings. The summed E-state index contributed by atoms with van der Waals surface area (Å²) in [6, 6.07) is 0. The highest BCUT2D eigenvalue weighted by Crippen LogP contribution is 2.21. The lowest BCUT2D eigenvalue weighted by Crippen LogP contribution is -2.11. The van der Waals surface area contributed by atoms with E-state index in [-0.39, 0.29) is 5.75 Å². The van der Waals surface area contributed by atoms with E-state index in [9.17, 15) is 8.42 Å². The van der Waals surface area contributed by atoms with E-state index >= 15 is 0 Å². The van der Waals surface area contributed by atoms with E-state index in [1.54, 1.807) is 0 Å². The Morgan fingerprint density at radius 3 is 2.60 bits per heavy atom. The molecule has 6 nitrogen and oxygen atoms in total. The number of fused-ring (bicyclic) bond motifs is 1. The minimum absolute atomic E-state index is 0.160. The summed E-state index contributed by atoms with van der Waals surface area (Å²) in [5, 5.41) is 4.43. The second-order valence-corrected chi connectivity index (χ2v) is 7.40. The quantitative estimate of drug-likeness (QED) is 0.761. The van der Waals surface area contributed by atoms with Crippen molar-refractivity contribution in [2.75, 3.05) is 12.0 Å². The number of hydrogen-bond donors (Lipinski definition) is 0. The van der Waals surface area contributed by atoms with Crippen molar-refractivity contribution < 1.29 is 8.42 Å². The van der Waals surface area contributed by atoms with Gasteiger partial charge in [0.15, 0.2) is 5.65 Å². The highest BCUT2D eigenvalue weighted by atomic mass is 35.5. The van der Waals surface area contributed by atoms with E-state index in [0.29, 0.717) is 18.8 Å². The molecule has 20 heavy (non-hydrogen) atoms. The maximum atomic E-state index is 11.2. The number of aryl methyl sites for hydroxylation is 3. The third kappa shape index (κ3) is 2.98. The Labute approximate surface area is 123 Å². The first-order chi connectivity index (χ1) is 9.37. The zero-order chi connectivity index (χ0) is 14.9. The number of sulfone groups is 1. The Kier molecular flexibility index (Phi) is 4.39. The van der Waals surface area contributed by atoms with Gasteiger partial charge in [0.05, 0.1) is 17.3 Å². The molecular weight excluding hydrogens is 300 g/mol. The minimum atomic E-state index is -2.95. The fourth-order valence-electron chi connectivity index (χ4n) is 2.31. The van der Waals surface area contributed by atoms with Gasteiger partial charge in [-0.15, -0.1) is 11.6 Å². The van der Waals surface area contributed by atoms with Crippen LogP contribution in [-0.2, 0) is 28.8 Å². The molecule has 0 spiro atoms. The average molecular weight is 319 g/mol. The molecule has 0 aliphatic carbocycles. The molecule has 8 heteroatoms. The summed E-state index contributed by atoms with van der Waals surface area (Å²) in [6.07, 6.45) is 1.79. The first kappa shape index (κ1) is 15.3. The number of imidazole rings is 1. The Morgan fingerprint density at radius 2 is 2.05 bits per heavy atom. The van der Waals surface area contributed by atoms with Crippen molar-refractivity contribution in [1.29, 1.82) is 0 Å². The second kappa shape index (κ2) is 5.73. The van der Waals surface area contributed by atoms with Gasteiger partial charge in [0.1, 0.15) is 21.2 Å². The Hall–Kier alpha value is -1.08. The molecule has 0 atom stereocenters. The molecule has 0 saturated heterocycles. The first-order valence-corrected chi connectivity index (χ1v) is 9.13. The molecule has 112 valence electrons. The van der Waals surface area contributed by atoms with Crippen LogP contribution in [0.25, 0.3) is 11.2 Å². The summed E-state index contributed by atoms with van der Waals surface area (Å²) in [4.78, 5) is 4.51. The van der Waals surface area contributed by atoms with Gasteiger partial charge in [-0.3, -0.25) is 0 Å². The van der Waals surface area contributed by atoms with Gasteiger partial charge in [-0.05, 0) is 20.3 Å².